The van der Waals surface area contributed by atoms with Crippen LogP contribution in [0.1, 0.15) is 20.4 Å². The smallest absolute Gasteiger partial charge is 0.223 e. The molecule has 0 aliphatic heterocycles. The fourth-order valence-corrected chi connectivity index (χ4v) is 3.42. The number of aryl methyl sites for hydroxylation is 1. The number of ketones is 1. The van der Waals surface area contributed by atoms with E-state index in [2.05, 4.69) is 27.6 Å². The molecule has 2 nitrogen and oxygen atoms in total. The maximum absolute atomic E-state index is 11.9. The number of halogens is 1. The lowest BCUT2D eigenvalue weighted by Gasteiger charge is -1.92. The summed E-state index contributed by atoms with van der Waals surface area (Å²) in [7, 11) is 0. The molecule has 5 heteroatoms. The van der Waals surface area contributed by atoms with Crippen LogP contribution in [-0.4, -0.2) is 10.8 Å². The Labute approximate surface area is 103 Å². The van der Waals surface area contributed by atoms with E-state index in [0.29, 0.717) is 5.69 Å². The molecule has 0 spiro atoms. The topological polar surface area (TPSA) is 30.0 Å². The molecule has 0 radical (unpaired) electrons. The van der Waals surface area contributed by atoms with Crippen LogP contribution in [0.15, 0.2) is 16.8 Å². The lowest BCUT2D eigenvalue weighted by molar-refractivity contribution is 0.103. The van der Waals surface area contributed by atoms with E-state index in [-0.39, 0.29) is 5.78 Å². The van der Waals surface area contributed by atoms with Crippen LogP contribution in [0.5, 0.6) is 0 Å². The average molecular weight is 335 g/mol. The predicted molar refractivity (Wildman–Crippen MR) is 67.3 cm³/mol. The van der Waals surface area contributed by atoms with Crippen molar-refractivity contribution in [3.63, 3.8) is 0 Å². The fourth-order valence-electron chi connectivity index (χ4n) is 1.04. The van der Waals surface area contributed by atoms with Gasteiger partial charge in [0.05, 0.1) is 9.88 Å². The Bertz CT molecular complexity index is 475. The van der Waals surface area contributed by atoms with E-state index >= 15 is 0 Å². The standard InChI is InChI=1S/C9H6INOS2/c1-5-11-7(4-14-5)8(12)9-6(10)2-3-13-9/h2-4H,1H3. The molecule has 0 unspecified atom stereocenters. The Kier molecular flexibility index (Phi) is 2.99. The van der Waals surface area contributed by atoms with E-state index < -0.39 is 0 Å². The van der Waals surface area contributed by atoms with E-state index in [4.69, 9.17) is 0 Å². The summed E-state index contributed by atoms with van der Waals surface area (Å²) >= 11 is 5.15. The van der Waals surface area contributed by atoms with Crippen molar-refractivity contribution < 1.29 is 4.79 Å². The normalized spacial score (nSPS) is 10.4. The van der Waals surface area contributed by atoms with Gasteiger partial charge >= 0.3 is 0 Å². The van der Waals surface area contributed by atoms with Gasteiger partial charge in [0.25, 0.3) is 0 Å². The van der Waals surface area contributed by atoms with Gasteiger partial charge in [-0.2, -0.15) is 0 Å². The number of thiazole rings is 1. The van der Waals surface area contributed by atoms with E-state index in [1.807, 2.05) is 23.8 Å². The highest BCUT2D eigenvalue weighted by Crippen LogP contribution is 2.22. The minimum Gasteiger partial charge on any atom is -0.286 e. The maximum Gasteiger partial charge on any atom is 0.223 e. The molecule has 0 aromatic carbocycles. The molecule has 0 aliphatic carbocycles. The third kappa shape index (κ3) is 1.89. The second-order valence-electron chi connectivity index (χ2n) is 2.68. The predicted octanol–water partition coefficient (Wildman–Crippen LogP) is 3.35. The summed E-state index contributed by atoms with van der Waals surface area (Å²) in [5.41, 5.74) is 0.563. The zero-order chi connectivity index (χ0) is 10.1. The van der Waals surface area contributed by atoms with Gasteiger partial charge in [0.2, 0.25) is 5.78 Å². The molecule has 2 heterocycles. The van der Waals surface area contributed by atoms with Crippen LogP contribution < -0.4 is 0 Å². The molecule has 2 aromatic rings. The summed E-state index contributed by atoms with van der Waals surface area (Å²) in [4.78, 5) is 16.9. The molecule has 2 aromatic heterocycles. The first-order valence-corrected chi connectivity index (χ1v) is 6.72. The van der Waals surface area contributed by atoms with Crippen LogP contribution in [0.4, 0.5) is 0 Å². The van der Waals surface area contributed by atoms with Crippen molar-refractivity contribution >= 4 is 51.0 Å². The number of nitrogens with zero attached hydrogens (tertiary/aromatic N) is 1. The molecule has 0 bridgehead atoms. The number of hydrogen-bond donors (Lipinski definition) is 0. The van der Waals surface area contributed by atoms with Crippen LogP contribution in [-0.2, 0) is 0 Å². The number of carbonyl (C=O) groups excluding carboxylic acids is 1. The Hall–Kier alpha value is -0.270. The van der Waals surface area contributed by atoms with Gasteiger partial charge in [-0.15, -0.1) is 22.7 Å². The van der Waals surface area contributed by atoms with Crippen molar-refractivity contribution in [2.75, 3.05) is 0 Å². The minimum atomic E-state index is 0.0359. The second-order valence-corrected chi connectivity index (χ2v) is 5.82. The first-order valence-electron chi connectivity index (χ1n) is 3.88. The monoisotopic (exact) mass is 335 g/mol. The molecule has 2 rings (SSSR count). The van der Waals surface area contributed by atoms with E-state index in [0.717, 1.165) is 13.5 Å². The molecule has 0 fully saturated rings. The molecular formula is C9H6INOS2. The van der Waals surface area contributed by atoms with Crippen molar-refractivity contribution in [2.45, 2.75) is 6.92 Å². The molecule has 0 N–H and O–H groups in total. The molecule has 14 heavy (non-hydrogen) atoms. The Morgan fingerprint density at radius 3 is 2.79 bits per heavy atom. The highest BCUT2D eigenvalue weighted by atomic mass is 127. The number of thiophene rings is 1. The van der Waals surface area contributed by atoms with Crippen LogP contribution >= 0.6 is 45.3 Å². The first kappa shape index (κ1) is 10.3. The minimum absolute atomic E-state index is 0.0359. The SMILES string of the molecule is Cc1nc(C(=O)c2sccc2I)cs1. The summed E-state index contributed by atoms with van der Waals surface area (Å²) in [6.45, 7) is 1.90. The van der Waals surface area contributed by atoms with Crippen LogP contribution in [0.3, 0.4) is 0 Å². The van der Waals surface area contributed by atoms with Gasteiger partial charge in [-0.3, -0.25) is 4.79 Å². The second kappa shape index (κ2) is 4.08. The first-order chi connectivity index (χ1) is 6.68. The summed E-state index contributed by atoms with van der Waals surface area (Å²) in [5.74, 6) is 0.0359. The number of hydrogen-bond acceptors (Lipinski definition) is 4. The summed E-state index contributed by atoms with van der Waals surface area (Å²) in [5, 5.41) is 4.67. The summed E-state index contributed by atoms with van der Waals surface area (Å²) in [6, 6.07) is 1.94. The van der Waals surface area contributed by atoms with Gasteiger partial charge in [0.1, 0.15) is 5.69 Å². The van der Waals surface area contributed by atoms with Crippen LogP contribution in [0, 0.1) is 10.5 Å². The molecule has 0 amide bonds. The van der Waals surface area contributed by atoms with Crippen molar-refractivity contribution in [3.05, 3.63) is 36.0 Å². The lowest BCUT2D eigenvalue weighted by atomic mass is 10.3. The summed E-state index contributed by atoms with van der Waals surface area (Å²) in [6.07, 6.45) is 0. The van der Waals surface area contributed by atoms with Gasteiger partial charge in [-0.25, -0.2) is 4.98 Å². The number of rotatable bonds is 2. The third-order valence-corrected chi connectivity index (χ3v) is 4.63. The lowest BCUT2D eigenvalue weighted by Crippen LogP contribution is -2.00. The Balaban J connectivity index is 2.38. The van der Waals surface area contributed by atoms with E-state index in [1.54, 1.807) is 0 Å². The number of carbonyl (C=O) groups is 1. The molecule has 72 valence electrons. The van der Waals surface area contributed by atoms with Gasteiger partial charge in [-0.05, 0) is 41.0 Å². The van der Waals surface area contributed by atoms with Gasteiger partial charge in [0, 0.05) is 8.95 Å². The Morgan fingerprint density at radius 1 is 1.50 bits per heavy atom. The number of aromatic nitrogens is 1. The molecule has 0 aliphatic rings. The molecule has 0 saturated heterocycles. The van der Waals surface area contributed by atoms with E-state index in [1.165, 1.54) is 22.7 Å². The van der Waals surface area contributed by atoms with Gasteiger partial charge < -0.3 is 0 Å². The highest BCUT2D eigenvalue weighted by Gasteiger charge is 2.16. The fraction of sp³-hybridized carbons (Fsp3) is 0.111. The van der Waals surface area contributed by atoms with Crippen molar-refractivity contribution in [1.29, 1.82) is 0 Å². The van der Waals surface area contributed by atoms with Crippen molar-refractivity contribution in [1.82, 2.24) is 4.98 Å². The van der Waals surface area contributed by atoms with Gasteiger partial charge in [-0.1, -0.05) is 0 Å². The largest absolute Gasteiger partial charge is 0.286 e. The van der Waals surface area contributed by atoms with Gasteiger partial charge in [0.15, 0.2) is 0 Å². The maximum atomic E-state index is 11.9. The molecule has 0 saturated carbocycles. The quantitative estimate of drug-likeness (QED) is 0.622. The van der Waals surface area contributed by atoms with Crippen LogP contribution in [0.2, 0.25) is 0 Å². The molecule has 0 atom stereocenters. The third-order valence-electron chi connectivity index (χ3n) is 1.68. The Morgan fingerprint density at radius 2 is 2.29 bits per heavy atom. The van der Waals surface area contributed by atoms with Crippen molar-refractivity contribution in [3.8, 4) is 0 Å². The summed E-state index contributed by atoms with van der Waals surface area (Å²) < 4.78 is 1.00. The zero-order valence-electron chi connectivity index (χ0n) is 7.28. The van der Waals surface area contributed by atoms with Crippen molar-refractivity contribution in [2.24, 2.45) is 0 Å². The van der Waals surface area contributed by atoms with E-state index in [9.17, 15) is 4.79 Å². The highest BCUT2D eigenvalue weighted by molar-refractivity contribution is 14.1. The zero-order valence-corrected chi connectivity index (χ0v) is 11.1. The van der Waals surface area contributed by atoms with Crippen LogP contribution in [0.25, 0.3) is 0 Å². The molecular weight excluding hydrogens is 329 g/mol. The average Bonchev–Trinajstić information content (AvgIpc) is 2.73.